The molecule has 3 aromatic rings. The Hall–Kier alpha value is -2.80. The van der Waals surface area contributed by atoms with Gasteiger partial charge in [0.15, 0.2) is 0 Å². The summed E-state index contributed by atoms with van der Waals surface area (Å²) in [5, 5.41) is 12.1. The van der Waals surface area contributed by atoms with E-state index in [1.54, 1.807) is 23.9 Å². The van der Waals surface area contributed by atoms with Crippen molar-refractivity contribution in [1.82, 2.24) is 0 Å². The highest BCUT2D eigenvalue weighted by Gasteiger charge is 2.25. The molecule has 2 aromatic carbocycles. The molecule has 1 aliphatic rings. The summed E-state index contributed by atoms with van der Waals surface area (Å²) < 4.78 is 0. The SMILES string of the molecule is CSc1cccc2c(C)cc(N3CCN(c4ccc([N+](=O)[O-])cc4)CC3)[nH+]c12. The molecule has 1 aromatic heterocycles. The molecule has 0 aliphatic carbocycles. The third-order valence-electron chi connectivity index (χ3n) is 5.32. The average Bonchev–Trinajstić information content (AvgIpc) is 2.73. The number of benzene rings is 2. The third kappa shape index (κ3) is 3.49. The van der Waals surface area contributed by atoms with Crippen LogP contribution in [0.4, 0.5) is 17.2 Å². The van der Waals surface area contributed by atoms with Gasteiger partial charge in [-0.2, -0.15) is 0 Å². The van der Waals surface area contributed by atoms with Crippen LogP contribution in [0.25, 0.3) is 10.9 Å². The quantitative estimate of drug-likeness (QED) is 0.381. The number of anilines is 2. The standard InChI is InChI=1S/C21H22N4O2S/c1-15-14-20(22-21-18(15)4-3-5-19(21)28-2)24-12-10-23(11-13-24)16-6-8-17(9-7-16)25(26)27/h3-9,14H,10-13H2,1-2H3/p+1. The number of para-hydroxylation sites is 1. The number of nitrogens with one attached hydrogen (secondary N) is 1. The molecule has 1 saturated heterocycles. The van der Waals surface area contributed by atoms with Gasteiger partial charge < -0.3 is 4.90 Å². The van der Waals surface area contributed by atoms with Crippen LogP contribution in [-0.4, -0.2) is 37.4 Å². The lowest BCUT2D eigenvalue weighted by Crippen LogP contribution is -2.48. The fourth-order valence-corrected chi connectivity index (χ4v) is 4.35. The highest BCUT2D eigenvalue weighted by molar-refractivity contribution is 7.98. The number of H-pyrrole nitrogens is 1. The second kappa shape index (κ2) is 7.67. The van der Waals surface area contributed by atoms with E-state index in [4.69, 9.17) is 0 Å². The Balaban J connectivity index is 1.53. The van der Waals surface area contributed by atoms with Gasteiger partial charge in [0.05, 0.1) is 22.9 Å². The minimum Gasteiger partial charge on any atom is -0.364 e. The first kappa shape index (κ1) is 18.6. The Morgan fingerprint density at radius 3 is 2.36 bits per heavy atom. The van der Waals surface area contributed by atoms with Gasteiger partial charge in [-0.25, -0.2) is 4.98 Å². The summed E-state index contributed by atoms with van der Waals surface area (Å²) in [6, 6.07) is 15.5. The van der Waals surface area contributed by atoms with E-state index in [0.29, 0.717) is 0 Å². The summed E-state index contributed by atoms with van der Waals surface area (Å²) in [6.45, 7) is 5.73. The predicted molar refractivity (Wildman–Crippen MR) is 115 cm³/mol. The van der Waals surface area contributed by atoms with Crippen molar-refractivity contribution in [2.75, 3.05) is 42.2 Å². The van der Waals surface area contributed by atoms with Crippen LogP contribution in [0, 0.1) is 17.0 Å². The maximum atomic E-state index is 10.8. The van der Waals surface area contributed by atoms with Gasteiger partial charge in [0.1, 0.15) is 18.6 Å². The predicted octanol–water partition coefficient (Wildman–Crippen LogP) is 3.92. The van der Waals surface area contributed by atoms with Crippen LogP contribution in [0.5, 0.6) is 0 Å². The number of nitrogens with zero attached hydrogens (tertiary/aromatic N) is 3. The zero-order valence-corrected chi connectivity index (χ0v) is 16.8. The molecule has 0 unspecified atom stereocenters. The number of aromatic nitrogens is 1. The van der Waals surface area contributed by atoms with Gasteiger partial charge in [-0.15, -0.1) is 11.8 Å². The lowest BCUT2D eigenvalue weighted by molar-refractivity contribution is -0.384. The molecule has 4 rings (SSSR count). The van der Waals surface area contributed by atoms with E-state index in [1.807, 2.05) is 12.1 Å². The summed E-state index contributed by atoms with van der Waals surface area (Å²) >= 11 is 1.76. The number of non-ortho nitro benzene ring substituents is 1. The monoisotopic (exact) mass is 395 g/mol. The number of hydrogen-bond acceptors (Lipinski definition) is 5. The first-order valence-electron chi connectivity index (χ1n) is 9.31. The lowest BCUT2D eigenvalue weighted by atomic mass is 10.1. The summed E-state index contributed by atoms with van der Waals surface area (Å²) in [4.78, 5) is 20.0. The molecule has 1 N–H and O–H groups in total. The van der Waals surface area contributed by atoms with E-state index in [9.17, 15) is 10.1 Å². The molecule has 0 atom stereocenters. The van der Waals surface area contributed by atoms with E-state index in [-0.39, 0.29) is 10.6 Å². The molecule has 0 radical (unpaired) electrons. The number of hydrogen-bond donors (Lipinski definition) is 0. The van der Waals surface area contributed by atoms with Crippen molar-refractivity contribution in [2.24, 2.45) is 0 Å². The molecule has 7 heteroatoms. The highest BCUT2D eigenvalue weighted by atomic mass is 32.2. The molecule has 28 heavy (non-hydrogen) atoms. The van der Waals surface area contributed by atoms with Gasteiger partial charge in [0.2, 0.25) is 0 Å². The number of fused-ring (bicyclic) bond motifs is 1. The van der Waals surface area contributed by atoms with Crippen molar-refractivity contribution in [3.63, 3.8) is 0 Å². The molecular formula is C21H23N4O2S+. The molecule has 0 saturated carbocycles. The van der Waals surface area contributed by atoms with E-state index < -0.39 is 0 Å². The van der Waals surface area contributed by atoms with Crippen LogP contribution >= 0.6 is 11.8 Å². The molecule has 2 heterocycles. The summed E-state index contributed by atoms with van der Waals surface area (Å²) in [5.74, 6) is 1.15. The summed E-state index contributed by atoms with van der Waals surface area (Å²) in [5.41, 5.74) is 3.64. The van der Waals surface area contributed by atoms with Gasteiger partial charge in [0, 0.05) is 29.3 Å². The molecular weight excluding hydrogens is 372 g/mol. The van der Waals surface area contributed by atoms with Crippen LogP contribution in [0.1, 0.15) is 5.56 Å². The smallest absolute Gasteiger partial charge is 0.275 e. The van der Waals surface area contributed by atoms with Crippen molar-refractivity contribution < 1.29 is 9.91 Å². The minimum absolute atomic E-state index is 0.133. The topological polar surface area (TPSA) is 63.8 Å². The van der Waals surface area contributed by atoms with Crippen LogP contribution < -0.4 is 14.8 Å². The Morgan fingerprint density at radius 2 is 1.71 bits per heavy atom. The molecule has 1 aliphatic heterocycles. The van der Waals surface area contributed by atoms with Gasteiger partial charge in [-0.3, -0.25) is 15.0 Å². The molecule has 144 valence electrons. The molecule has 1 fully saturated rings. The zero-order valence-electron chi connectivity index (χ0n) is 16.0. The second-order valence-corrected chi connectivity index (χ2v) is 7.82. The Labute approximate surface area is 168 Å². The fourth-order valence-electron chi connectivity index (χ4n) is 3.77. The van der Waals surface area contributed by atoms with Gasteiger partial charge in [0.25, 0.3) is 11.5 Å². The Morgan fingerprint density at radius 1 is 1.04 bits per heavy atom. The number of aromatic amines is 1. The van der Waals surface area contributed by atoms with Crippen molar-refractivity contribution in [1.29, 1.82) is 0 Å². The average molecular weight is 396 g/mol. The number of aryl methyl sites for hydroxylation is 1. The van der Waals surface area contributed by atoms with Crippen molar-refractivity contribution >= 4 is 39.9 Å². The number of rotatable bonds is 4. The number of nitro groups is 1. The maximum absolute atomic E-state index is 10.8. The summed E-state index contributed by atoms with van der Waals surface area (Å²) in [6.07, 6.45) is 2.10. The maximum Gasteiger partial charge on any atom is 0.275 e. The first-order chi connectivity index (χ1) is 13.6. The van der Waals surface area contributed by atoms with Crippen molar-refractivity contribution in [3.8, 4) is 0 Å². The van der Waals surface area contributed by atoms with E-state index >= 15 is 0 Å². The van der Waals surface area contributed by atoms with E-state index in [2.05, 4.69) is 52.2 Å². The number of piperazine rings is 1. The Kier molecular flexibility index (Phi) is 5.09. The number of nitro benzene ring substituents is 1. The normalized spacial score (nSPS) is 14.5. The largest absolute Gasteiger partial charge is 0.364 e. The molecule has 0 amide bonds. The zero-order chi connectivity index (χ0) is 19.7. The second-order valence-electron chi connectivity index (χ2n) is 6.97. The fraction of sp³-hybridized carbons (Fsp3) is 0.286. The van der Waals surface area contributed by atoms with E-state index in [1.165, 1.54) is 21.4 Å². The van der Waals surface area contributed by atoms with Crippen LogP contribution in [0.2, 0.25) is 0 Å². The summed E-state index contributed by atoms with van der Waals surface area (Å²) in [7, 11) is 0. The number of pyridine rings is 1. The van der Waals surface area contributed by atoms with Crippen molar-refractivity contribution in [3.05, 3.63) is 64.2 Å². The van der Waals surface area contributed by atoms with Crippen LogP contribution in [-0.2, 0) is 0 Å². The highest BCUT2D eigenvalue weighted by Crippen LogP contribution is 2.28. The van der Waals surface area contributed by atoms with Gasteiger partial charge >= 0.3 is 0 Å². The molecule has 0 spiro atoms. The molecule has 6 nitrogen and oxygen atoms in total. The van der Waals surface area contributed by atoms with Crippen molar-refractivity contribution in [2.45, 2.75) is 11.8 Å². The first-order valence-corrected chi connectivity index (χ1v) is 10.5. The Bertz CT molecular complexity index is 1010. The van der Waals surface area contributed by atoms with Crippen LogP contribution in [0.15, 0.2) is 53.4 Å². The molecule has 0 bridgehead atoms. The number of thioether (sulfide) groups is 1. The van der Waals surface area contributed by atoms with Gasteiger partial charge in [-0.05, 0) is 36.9 Å². The van der Waals surface area contributed by atoms with Crippen LogP contribution in [0.3, 0.4) is 0 Å². The minimum atomic E-state index is -0.359. The van der Waals surface area contributed by atoms with Gasteiger partial charge in [-0.1, -0.05) is 12.1 Å². The third-order valence-corrected chi connectivity index (χ3v) is 6.10. The lowest BCUT2D eigenvalue weighted by Gasteiger charge is -2.32. The van der Waals surface area contributed by atoms with E-state index in [0.717, 1.165) is 37.7 Å².